The molecule has 1 amide bonds. The summed E-state index contributed by atoms with van der Waals surface area (Å²) in [5.41, 5.74) is -2.57. The van der Waals surface area contributed by atoms with Gasteiger partial charge in [-0.05, 0) is 34.6 Å². The Morgan fingerprint density at radius 1 is 1.35 bits per heavy atom. The quantitative estimate of drug-likeness (QED) is 0.552. The molecular formula is C11H16N2O4. The van der Waals surface area contributed by atoms with Gasteiger partial charge in [0.2, 0.25) is 0 Å². The number of ether oxygens (including phenoxy) is 1. The first-order valence-corrected chi connectivity index (χ1v) is 5.22. The zero-order valence-corrected chi connectivity index (χ0v) is 10.6. The lowest BCUT2D eigenvalue weighted by Gasteiger charge is -2.27. The molecule has 17 heavy (non-hydrogen) atoms. The second-order valence-electron chi connectivity index (χ2n) is 4.92. The average Bonchev–Trinajstić information content (AvgIpc) is 2.41. The SMILES string of the molecule is CC(=O)C1(C(=O)OC(C)(C)C)N=C(C)C(=O)N1. The first-order chi connectivity index (χ1) is 7.58. The van der Waals surface area contributed by atoms with E-state index in [9.17, 15) is 14.4 Å². The van der Waals surface area contributed by atoms with Gasteiger partial charge >= 0.3 is 5.97 Å². The molecule has 0 aromatic carbocycles. The zero-order chi connectivity index (χ0) is 13.4. The minimum atomic E-state index is -1.91. The number of hydrogen-bond acceptors (Lipinski definition) is 5. The third-order valence-corrected chi connectivity index (χ3v) is 2.16. The molecule has 1 heterocycles. The number of nitrogens with zero attached hydrogens (tertiary/aromatic N) is 1. The van der Waals surface area contributed by atoms with Crippen molar-refractivity contribution in [2.45, 2.75) is 45.9 Å². The lowest BCUT2D eigenvalue weighted by Crippen LogP contribution is -2.56. The molecule has 0 fully saturated rings. The molecule has 94 valence electrons. The lowest BCUT2D eigenvalue weighted by molar-refractivity contribution is -0.165. The highest BCUT2D eigenvalue weighted by atomic mass is 16.6. The van der Waals surface area contributed by atoms with Gasteiger partial charge in [-0.3, -0.25) is 9.59 Å². The van der Waals surface area contributed by atoms with Crippen LogP contribution in [-0.4, -0.2) is 34.6 Å². The summed E-state index contributed by atoms with van der Waals surface area (Å²) in [6.45, 7) is 7.64. The van der Waals surface area contributed by atoms with E-state index in [1.165, 1.54) is 13.8 Å². The Balaban J connectivity index is 3.09. The van der Waals surface area contributed by atoms with Crippen molar-refractivity contribution in [3.8, 4) is 0 Å². The number of ketones is 1. The van der Waals surface area contributed by atoms with E-state index in [4.69, 9.17) is 4.74 Å². The number of esters is 1. The fourth-order valence-corrected chi connectivity index (χ4v) is 1.34. The van der Waals surface area contributed by atoms with Crippen molar-refractivity contribution in [3.63, 3.8) is 0 Å². The van der Waals surface area contributed by atoms with Crippen molar-refractivity contribution >= 4 is 23.4 Å². The highest BCUT2D eigenvalue weighted by Gasteiger charge is 2.51. The van der Waals surface area contributed by atoms with Crippen LogP contribution in [0.15, 0.2) is 4.99 Å². The summed E-state index contributed by atoms with van der Waals surface area (Å²) in [5, 5.41) is 2.27. The van der Waals surface area contributed by atoms with E-state index in [2.05, 4.69) is 10.3 Å². The summed E-state index contributed by atoms with van der Waals surface area (Å²) in [6.07, 6.45) is 0. The first kappa shape index (κ1) is 13.3. The molecule has 1 N–H and O–H groups in total. The van der Waals surface area contributed by atoms with Crippen molar-refractivity contribution in [2.75, 3.05) is 0 Å². The molecule has 1 rings (SSSR count). The molecule has 0 aromatic rings. The Kier molecular flexibility index (Phi) is 3.09. The van der Waals surface area contributed by atoms with Gasteiger partial charge in [0.1, 0.15) is 11.3 Å². The summed E-state index contributed by atoms with van der Waals surface area (Å²) in [5.74, 6) is -1.97. The number of Topliss-reactive ketones (excluding diaryl/α,β-unsaturated/α-hetero) is 1. The smallest absolute Gasteiger partial charge is 0.363 e. The van der Waals surface area contributed by atoms with Crippen molar-refractivity contribution in [3.05, 3.63) is 0 Å². The highest BCUT2D eigenvalue weighted by molar-refractivity contribution is 6.42. The predicted octanol–water partition coefficient (Wildman–Crippen LogP) is 0.204. The summed E-state index contributed by atoms with van der Waals surface area (Å²) >= 11 is 0. The maximum Gasteiger partial charge on any atom is 0.363 e. The Labute approximate surface area is 99.4 Å². The van der Waals surface area contributed by atoms with E-state index in [0.717, 1.165) is 0 Å². The van der Waals surface area contributed by atoms with Gasteiger partial charge in [-0.2, -0.15) is 0 Å². The Hall–Kier alpha value is -1.72. The van der Waals surface area contributed by atoms with Crippen molar-refractivity contribution in [1.29, 1.82) is 0 Å². The van der Waals surface area contributed by atoms with Gasteiger partial charge < -0.3 is 10.1 Å². The van der Waals surface area contributed by atoms with Gasteiger partial charge in [0.15, 0.2) is 5.78 Å². The third kappa shape index (κ3) is 2.51. The monoisotopic (exact) mass is 240 g/mol. The number of rotatable bonds is 2. The van der Waals surface area contributed by atoms with Gasteiger partial charge in [0.25, 0.3) is 11.6 Å². The van der Waals surface area contributed by atoms with Gasteiger partial charge in [-0.1, -0.05) is 0 Å². The van der Waals surface area contributed by atoms with Crippen LogP contribution in [0.25, 0.3) is 0 Å². The molecule has 1 aliphatic rings. The summed E-state index contributed by atoms with van der Waals surface area (Å²) in [4.78, 5) is 38.7. The highest BCUT2D eigenvalue weighted by Crippen LogP contribution is 2.21. The Morgan fingerprint density at radius 3 is 2.18 bits per heavy atom. The first-order valence-electron chi connectivity index (χ1n) is 5.22. The number of aliphatic imine (C=N–C) groups is 1. The van der Waals surface area contributed by atoms with E-state index >= 15 is 0 Å². The van der Waals surface area contributed by atoms with Crippen molar-refractivity contribution < 1.29 is 19.1 Å². The molecule has 1 unspecified atom stereocenters. The summed E-state index contributed by atoms with van der Waals surface area (Å²) in [6, 6.07) is 0. The van der Waals surface area contributed by atoms with Crippen LogP contribution in [-0.2, 0) is 19.1 Å². The van der Waals surface area contributed by atoms with Crippen LogP contribution in [0.3, 0.4) is 0 Å². The van der Waals surface area contributed by atoms with Crippen LogP contribution in [0.4, 0.5) is 0 Å². The van der Waals surface area contributed by atoms with E-state index in [0.29, 0.717) is 0 Å². The van der Waals surface area contributed by atoms with Gasteiger partial charge in [-0.25, -0.2) is 9.79 Å². The minimum absolute atomic E-state index is 0.0889. The largest absolute Gasteiger partial charge is 0.456 e. The summed E-state index contributed by atoms with van der Waals surface area (Å²) in [7, 11) is 0. The van der Waals surface area contributed by atoms with Crippen LogP contribution in [0.1, 0.15) is 34.6 Å². The molecule has 6 nitrogen and oxygen atoms in total. The Bertz CT molecular complexity index is 420. The molecule has 1 aliphatic heterocycles. The van der Waals surface area contributed by atoms with E-state index < -0.39 is 28.9 Å². The molecule has 0 bridgehead atoms. The molecule has 1 atom stereocenters. The molecular weight excluding hydrogens is 224 g/mol. The fourth-order valence-electron chi connectivity index (χ4n) is 1.34. The average molecular weight is 240 g/mol. The molecule has 0 saturated carbocycles. The van der Waals surface area contributed by atoms with Crippen LogP contribution < -0.4 is 5.32 Å². The molecule has 0 spiro atoms. The second-order valence-corrected chi connectivity index (χ2v) is 4.92. The van der Waals surface area contributed by atoms with Crippen LogP contribution in [0.5, 0.6) is 0 Å². The number of carbonyl (C=O) groups is 3. The maximum absolute atomic E-state index is 12.0. The van der Waals surface area contributed by atoms with Gasteiger partial charge in [0, 0.05) is 0 Å². The topological polar surface area (TPSA) is 84.8 Å². The number of nitrogens with one attached hydrogen (secondary N) is 1. The normalized spacial score (nSPS) is 24.1. The lowest BCUT2D eigenvalue weighted by atomic mass is 10.1. The number of carbonyl (C=O) groups excluding carboxylic acids is 3. The van der Waals surface area contributed by atoms with E-state index in [1.54, 1.807) is 20.8 Å². The molecule has 0 aliphatic carbocycles. The summed E-state index contributed by atoms with van der Waals surface area (Å²) < 4.78 is 5.10. The van der Waals surface area contributed by atoms with Crippen molar-refractivity contribution in [1.82, 2.24) is 5.32 Å². The predicted molar refractivity (Wildman–Crippen MR) is 60.5 cm³/mol. The van der Waals surface area contributed by atoms with E-state index in [1.807, 2.05) is 0 Å². The Morgan fingerprint density at radius 2 is 1.88 bits per heavy atom. The van der Waals surface area contributed by atoms with Gasteiger partial charge in [-0.15, -0.1) is 0 Å². The number of hydrogen-bond donors (Lipinski definition) is 1. The zero-order valence-electron chi connectivity index (χ0n) is 10.6. The number of amides is 1. The van der Waals surface area contributed by atoms with E-state index in [-0.39, 0.29) is 5.71 Å². The van der Waals surface area contributed by atoms with Crippen molar-refractivity contribution in [2.24, 2.45) is 4.99 Å². The molecule has 0 saturated heterocycles. The minimum Gasteiger partial charge on any atom is -0.456 e. The second kappa shape index (κ2) is 3.94. The van der Waals surface area contributed by atoms with Crippen LogP contribution >= 0.6 is 0 Å². The molecule has 0 aromatic heterocycles. The maximum atomic E-state index is 12.0. The van der Waals surface area contributed by atoms with Crippen LogP contribution in [0.2, 0.25) is 0 Å². The fraction of sp³-hybridized carbons (Fsp3) is 0.636. The van der Waals surface area contributed by atoms with Gasteiger partial charge in [0.05, 0.1) is 0 Å². The third-order valence-electron chi connectivity index (χ3n) is 2.16. The van der Waals surface area contributed by atoms with Crippen LogP contribution in [0, 0.1) is 0 Å². The molecule has 0 radical (unpaired) electrons. The standard InChI is InChI=1S/C11H16N2O4/c1-6-8(15)13-11(12-6,7(2)14)9(16)17-10(3,4)5/h1-5H3,(H,13,15). The molecule has 6 heteroatoms.